The number of hydrogen-bond acceptors (Lipinski definition) is 12. The Balaban J connectivity index is 1.36. The van der Waals surface area contributed by atoms with E-state index in [2.05, 4.69) is 18.7 Å². The summed E-state index contributed by atoms with van der Waals surface area (Å²) in [6.07, 6.45) is 0.885. The predicted molar refractivity (Wildman–Crippen MR) is 182 cm³/mol. The largest absolute Gasteiger partial charge is 0.459 e. The van der Waals surface area contributed by atoms with Gasteiger partial charge in [-0.15, -0.1) is 0 Å². The Labute approximate surface area is 301 Å². The van der Waals surface area contributed by atoms with Crippen LogP contribution in [-0.2, 0) is 33.3 Å². The van der Waals surface area contributed by atoms with Crippen LogP contribution in [0.1, 0.15) is 120 Å². The van der Waals surface area contributed by atoms with Gasteiger partial charge in [0.05, 0.1) is 5.60 Å². The average molecular weight is 720 g/mol. The lowest BCUT2D eigenvalue weighted by atomic mass is 9.48. The fourth-order valence-corrected chi connectivity index (χ4v) is 13.0. The first-order chi connectivity index (χ1) is 23.6. The average Bonchev–Trinajstić information content (AvgIpc) is 3.17. The lowest BCUT2D eigenvalue weighted by Crippen LogP contribution is -2.85. The van der Waals surface area contributed by atoms with Gasteiger partial charge in [0.1, 0.15) is 28.5 Å². The molecule has 4 saturated carbocycles. The van der Waals surface area contributed by atoms with Gasteiger partial charge in [0.15, 0.2) is 6.10 Å². The van der Waals surface area contributed by atoms with Gasteiger partial charge in [0.25, 0.3) is 5.79 Å². The second-order valence-corrected chi connectivity index (χ2v) is 19.0. The van der Waals surface area contributed by atoms with Gasteiger partial charge in [-0.05, 0) is 63.2 Å². The van der Waals surface area contributed by atoms with Gasteiger partial charge in [0, 0.05) is 74.9 Å². The van der Waals surface area contributed by atoms with Crippen molar-refractivity contribution in [1.82, 2.24) is 4.90 Å². The van der Waals surface area contributed by atoms with E-state index in [4.69, 9.17) is 18.9 Å². The number of carbonyl (C=O) groups is 3. The summed E-state index contributed by atoms with van der Waals surface area (Å²) in [6, 6.07) is -0.449. The smallest absolute Gasteiger partial charge is 0.306 e. The number of piperidine rings is 2. The number of rotatable bonds is 7. The number of aliphatic hydroxyl groups is 4. The fraction of sp³-hybridized carbons (Fsp3) is 0.923. The molecule has 0 unspecified atom stereocenters. The van der Waals surface area contributed by atoms with Crippen LogP contribution in [0.3, 0.4) is 0 Å². The third-order valence-electron chi connectivity index (χ3n) is 15.0. The molecule has 7 aliphatic rings. The highest BCUT2D eigenvalue weighted by Gasteiger charge is 2.90. The molecule has 7 fully saturated rings. The van der Waals surface area contributed by atoms with Gasteiger partial charge in [-0.1, -0.05) is 41.5 Å². The maximum absolute atomic E-state index is 13.4. The summed E-state index contributed by atoms with van der Waals surface area (Å²) in [6.45, 7) is 15.6. The van der Waals surface area contributed by atoms with Crippen molar-refractivity contribution >= 4 is 17.9 Å². The summed E-state index contributed by atoms with van der Waals surface area (Å²) in [5.74, 6) is -5.06. The van der Waals surface area contributed by atoms with Crippen LogP contribution in [-0.4, -0.2) is 108 Å². The van der Waals surface area contributed by atoms with Crippen LogP contribution in [0.4, 0.5) is 0 Å². The molecule has 0 radical (unpaired) electrons. The Morgan fingerprint density at radius 3 is 2.02 bits per heavy atom. The van der Waals surface area contributed by atoms with E-state index in [1.165, 1.54) is 6.92 Å². The maximum atomic E-state index is 13.4. The van der Waals surface area contributed by atoms with Crippen LogP contribution in [0, 0.1) is 40.9 Å². The van der Waals surface area contributed by atoms with Crippen LogP contribution in [0.15, 0.2) is 0 Å². The van der Waals surface area contributed by atoms with E-state index in [0.717, 1.165) is 6.42 Å². The molecule has 288 valence electrons. The van der Waals surface area contributed by atoms with Crippen LogP contribution < -0.4 is 0 Å². The van der Waals surface area contributed by atoms with Crippen molar-refractivity contribution in [3.05, 3.63) is 0 Å². The number of hydrogen-bond donors (Lipinski definition) is 4. The molecule has 3 heterocycles. The van der Waals surface area contributed by atoms with Crippen molar-refractivity contribution in [2.45, 2.75) is 172 Å². The number of esters is 3. The summed E-state index contributed by atoms with van der Waals surface area (Å²) in [4.78, 5) is 41.6. The second-order valence-electron chi connectivity index (χ2n) is 19.0. The van der Waals surface area contributed by atoms with E-state index in [9.17, 15) is 34.8 Å². The molecule has 0 amide bonds. The molecule has 0 aromatic rings. The zero-order valence-corrected chi connectivity index (χ0v) is 31.8. The van der Waals surface area contributed by atoms with E-state index < -0.39 is 93.1 Å². The van der Waals surface area contributed by atoms with Gasteiger partial charge in [-0.25, -0.2) is 0 Å². The Kier molecular flexibility index (Phi) is 8.70. The van der Waals surface area contributed by atoms with Gasteiger partial charge < -0.3 is 39.4 Å². The highest BCUT2D eigenvalue weighted by Crippen LogP contribution is 2.79. The Morgan fingerprint density at radius 1 is 0.804 bits per heavy atom. The molecule has 7 rings (SSSR count). The second kappa shape index (κ2) is 11.8. The summed E-state index contributed by atoms with van der Waals surface area (Å²) < 4.78 is 25.6. The highest BCUT2D eigenvalue weighted by molar-refractivity contribution is 5.71. The van der Waals surface area contributed by atoms with Gasteiger partial charge >= 0.3 is 17.9 Å². The Morgan fingerprint density at radius 2 is 1.41 bits per heavy atom. The molecule has 0 aromatic carbocycles. The minimum atomic E-state index is -2.11. The Bertz CT molecular complexity index is 1450. The quantitative estimate of drug-likeness (QED) is 0.224. The van der Waals surface area contributed by atoms with E-state index in [0.29, 0.717) is 44.6 Å². The molecule has 3 aliphatic heterocycles. The van der Waals surface area contributed by atoms with Crippen molar-refractivity contribution in [2.24, 2.45) is 40.9 Å². The van der Waals surface area contributed by atoms with Crippen LogP contribution >= 0.6 is 0 Å². The topological polar surface area (TPSA) is 172 Å². The number of fused-ring (bicyclic) bond motifs is 5. The predicted octanol–water partition coefficient (Wildman–Crippen LogP) is 3.24. The maximum Gasteiger partial charge on any atom is 0.306 e. The molecule has 4 aliphatic carbocycles. The normalized spacial score (nSPS) is 51.3. The molecular formula is C39H61NO11. The van der Waals surface area contributed by atoms with E-state index >= 15 is 0 Å². The first kappa shape index (κ1) is 37.5. The molecule has 3 saturated heterocycles. The first-order valence-corrected chi connectivity index (χ1v) is 19.5. The number of ether oxygens (including phenoxy) is 4. The summed E-state index contributed by atoms with van der Waals surface area (Å²) in [5.41, 5.74) is -9.82. The van der Waals surface area contributed by atoms with Crippen LogP contribution in [0.25, 0.3) is 0 Å². The van der Waals surface area contributed by atoms with Crippen molar-refractivity contribution in [3.63, 3.8) is 0 Å². The molecular weight excluding hydrogens is 658 g/mol. The van der Waals surface area contributed by atoms with Gasteiger partial charge in [0.2, 0.25) is 0 Å². The fourth-order valence-electron chi connectivity index (χ4n) is 13.0. The minimum Gasteiger partial charge on any atom is -0.459 e. The van der Waals surface area contributed by atoms with E-state index in [1.54, 1.807) is 6.92 Å². The monoisotopic (exact) mass is 719 g/mol. The van der Waals surface area contributed by atoms with Crippen molar-refractivity contribution < 1.29 is 53.8 Å². The lowest BCUT2D eigenvalue weighted by Gasteiger charge is -2.68. The molecule has 14 atom stereocenters. The molecule has 12 heteroatoms. The summed E-state index contributed by atoms with van der Waals surface area (Å²) in [7, 11) is 0. The molecule has 4 bridgehead atoms. The van der Waals surface area contributed by atoms with E-state index in [-0.39, 0.29) is 44.1 Å². The molecule has 1 spiro atoms. The summed E-state index contributed by atoms with van der Waals surface area (Å²) in [5, 5.41) is 52.4. The number of nitrogens with zero attached hydrogens (tertiary/aromatic N) is 1. The Hall–Kier alpha value is -1.83. The first-order valence-electron chi connectivity index (χ1n) is 19.5. The van der Waals surface area contributed by atoms with Crippen molar-refractivity contribution in [3.8, 4) is 0 Å². The molecule has 51 heavy (non-hydrogen) atoms. The highest BCUT2D eigenvalue weighted by atomic mass is 16.8. The number of carbonyl (C=O) groups excluding carboxylic acids is 3. The standard InChI is InChI=1S/C39H61NO11/c1-21(2)15-31(42)48-29-13-14-33(7)25-10-11-26-35(45)17-30(49-32(43)16-22(3)4)38(47)27(19-40-18-23(5)9-12-28(40)34(38,8)44)36(35,46)20-37(26,33)51-39(25,29)50-24(6)41/h21-23,25-30,44-47H,9-20H2,1-8H3/t23-,25-,26-,27-,28-,29-,30-,33-,34+,35+,36+,37+,38-,39-/m0/s1. The third-order valence-corrected chi connectivity index (χ3v) is 15.0. The van der Waals surface area contributed by atoms with Gasteiger partial charge in [-0.3, -0.25) is 19.3 Å². The van der Waals surface area contributed by atoms with Crippen molar-refractivity contribution in [1.29, 1.82) is 0 Å². The minimum absolute atomic E-state index is 0.0232. The third kappa shape index (κ3) is 4.87. The van der Waals surface area contributed by atoms with Crippen molar-refractivity contribution in [2.75, 3.05) is 13.1 Å². The zero-order valence-electron chi connectivity index (χ0n) is 31.8. The molecule has 12 nitrogen and oxygen atoms in total. The van der Waals surface area contributed by atoms with Gasteiger partial charge in [-0.2, -0.15) is 0 Å². The molecule has 4 N–H and O–H groups in total. The summed E-state index contributed by atoms with van der Waals surface area (Å²) >= 11 is 0. The molecule has 0 aromatic heterocycles. The van der Waals surface area contributed by atoms with Crippen LogP contribution in [0.5, 0.6) is 0 Å². The van der Waals surface area contributed by atoms with E-state index in [1.807, 2.05) is 27.7 Å². The lowest BCUT2D eigenvalue weighted by molar-refractivity contribution is -0.355. The zero-order chi connectivity index (χ0) is 37.3. The SMILES string of the molecule is CC(=O)O[C@]12O[C@]34C[C@@]5(O)[C@@H]6CN7C[C@@H](C)CC[C@H]7[C@@](C)(O)[C@@]6(O)[C@@H](OC(=O)CC(C)C)C[C@@]5(O)[C@@H]3CC[C@H]1[C@]4(C)CC[C@@H]2OC(=O)CC(C)C. The van der Waals surface area contributed by atoms with Crippen LogP contribution in [0.2, 0.25) is 0 Å².